The topological polar surface area (TPSA) is 55.6 Å². The smallest absolute Gasteiger partial charge is 0.261 e. The Morgan fingerprint density at radius 2 is 2.07 bits per heavy atom. The summed E-state index contributed by atoms with van der Waals surface area (Å²) in [7, 11) is 0. The molecule has 0 saturated heterocycles. The highest BCUT2D eigenvalue weighted by molar-refractivity contribution is 14.1. The van der Waals surface area contributed by atoms with E-state index in [1.807, 2.05) is 61.5 Å². The standard InChI is InChI=1S/C21H17IN2O3S/c1-2-26-14-9-10-18-19(12-14)28-21(23-18)24(13-15-6-5-11-27-15)20(25)16-7-3-4-8-17(16)22/h3-12H,2,13H2,1H3. The summed E-state index contributed by atoms with van der Waals surface area (Å²) in [6.45, 7) is 2.87. The highest BCUT2D eigenvalue weighted by Crippen LogP contribution is 2.33. The first-order valence-corrected chi connectivity index (χ1v) is 10.7. The Hall–Kier alpha value is -2.39. The fraction of sp³-hybridized carbons (Fsp3) is 0.143. The number of halogens is 1. The van der Waals surface area contributed by atoms with E-state index in [1.165, 1.54) is 11.3 Å². The fourth-order valence-electron chi connectivity index (χ4n) is 2.83. The number of anilines is 1. The van der Waals surface area contributed by atoms with Crippen LogP contribution in [0.4, 0.5) is 5.13 Å². The van der Waals surface area contributed by atoms with Crippen LogP contribution in [-0.2, 0) is 6.54 Å². The second-order valence-corrected chi connectivity index (χ2v) is 8.18. The van der Waals surface area contributed by atoms with E-state index in [9.17, 15) is 4.79 Å². The van der Waals surface area contributed by atoms with Crippen LogP contribution >= 0.6 is 33.9 Å². The molecule has 2 aromatic carbocycles. The van der Waals surface area contributed by atoms with Gasteiger partial charge in [0.05, 0.1) is 35.2 Å². The Labute approximate surface area is 180 Å². The first kappa shape index (κ1) is 18.9. The van der Waals surface area contributed by atoms with Crippen molar-refractivity contribution in [3.05, 3.63) is 75.8 Å². The summed E-state index contributed by atoms with van der Waals surface area (Å²) in [6, 6.07) is 17.0. The van der Waals surface area contributed by atoms with Crippen molar-refractivity contribution in [3.63, 3.8) is 0 Å². The van der Waals surface area contributed by atoms with E-state index in [-0.39, 0.29) is 5.91 Å². The minimum absolute atomic E-state index is 0.106. The van der Waals surface area contributed by atoms with Crippen LogP contribution in [0.1, 0.15) is 23.0 Å². The minimum Gasteiger partial charge on any atom is -0.494 e. The number of rotatable bonds is 6. The van der Waals surface area contributed by atoms with Crippen LogP contribution in [0.3, 0.4) is 0 Å². The van der Waals surface area contributed by atoms with Gasteiger partial charge in [0, 0.05) is 3.57 Å². The van der Waals surface area contributed by atoms with Gasteiger partial charge in [-0.1, -0.05) is 23.5 Å². The van der Waals surface area contributed by atoms with E-state index < -0.39 is 0 Å². The highest BCUT2D eigenvalue weighted by Gasteiger charge is 2.24. The molecule has 0 unspecified atom stereocenters. The normalized spacial score (nSPS) is 10.9. The summed E-state index contributed by atoms with van der Waals surface area (Å²) in [6.07, 6.45) is 1.61. The zero-order chi connectivity index (χ0) is 19.5. The first-order chi connectivity index (χ1) is 13.7. The van der Waals surface area contributed by atoms with Gasteiger partial charge in [-0.15, -0.1) is 0 Å². The van der Waals surface area contributed by atoms with Crippen LogP contribution in [0.25, 0.3) is 10.2 Å². The number of hydrogen-bond donors (Lipinski definition) is 0. The Morgan fingerprint density at radius 1 is 1.21 bits per heavy atom. The number of amides is 1. The highest BCUT2D eigenvalue weighted by atomic mass is 127. The van der Waals surface area contributed by atoms with Crippen molar-refractivity contribution in [1.82, 2.24) is 4.98 Å². The van der Waals surface area contributed by atoms with Crippen molar-refractivity contribution in [2.45, 2.75) is 13.5 Å². The van der Waals surface area contributed by atoms with Gasteiger partial charge in [0.15, 0.2) is 5.13 Å². The van der Waals surface area contributed by atoms with Crippen molar-refractivity contribution >= 4 is 55.2 Å². The first-order valence-electron chi connectivity index (χ1n) is 8.78. The Balaban J connectivity index is 1.75. The van der Waals surface area contributed by atoms with E-state index in [2.05, 4.69) is 22.6 Å². The molecule has 0 aliphatic rings. The average molecular weight is 504 g/mol. The van der Waals surface area contributed by atoms with Gasteiger partial charge in [-0.3, -0.25) is 9.69 Å². The molecule has 0 aliphatic carbocycles. The van der Waals surface area contributed by atoms with E-state index in [0.717, 1.165) is 19.5 Å². The largest absolute Gasteiger partial charge is 0.494 e. The van der Waals surface area contributed by atoms with Crippen molar-refractivity contribution in [3.8, 4) is 5.75 Å². The lowest BCUT2D eigenvalue weighted by Crippen LogP contribution is -2.30. The van der Waals surface area contributed by atoms with Crippen LogP contribution in [0.15, 0.2) is 65.3 Å². The quantitative estimate of drug-likeness (QED) is 0.315. The molecule has 0 aliphatic heterocycles. The SMILES string of the molecule is CCOc1ccc2nc(N(Cc3ccco3)C(=O)c3ccccc3I)sc2c1. The molecule has 4 aromatic rings. The van der Waals surface area contributed by atoms with E-state index in [1.54, 1.807) is 11.2 Å². The molecule has 1 amide bonds. The number of furan rings is 1. The molecule has 2 heterocycles. The van der Waals surface area contributed by atoms with Gasteiger partial charge < -0.3 is 9.15 Å². The second-order valence-electron chi connectivity index (χ2n) is 6.01. The van der Waals surface area contributed by atoms with Crippen molar-refractivity contribution in [1.29, 1.82) is 0 Å². The maximum atomic E-state index is 13.4. The number of ether oxygens (including phenoxy) is 1. The number of thiazole rings is 1. The molecular formula is C21H17IN2O3S. The van der Waals surface area contributed by atoms with Crippen molar-refractivity contribution < 1.29 is 13.9 Å². The Kier molecular flexibility index (Phi) is 5.63. The number of carbonyl (C=O) groups excluding carboxylic acids is 1. The number of carbonyl (C=O) groups is 1. The monoisotopic (exact) mass is 504 g/mol. The van der Waals surface area contributed by atoms with Crippen LogP contribution in [0, 0.1) is 3.57 Å². The average Bonchev–Trinajstić information content (AvgIpc) is 3.35. The number of fused-ring (bicyclic) bond motifs is 1. The molecule has 142 valence electrons. The minimum atomic E-state index is -0.106. The molecule has 0 fully saturated rings. The van der Waals surface area contributed by atoms with E-state index >= 15 is 0 Å². The van der Waals surface area contributed by atoms with E-state index in [4.69, 9.17) is 14.1 Å². The summed E-state index contributed by atoms with van der Waals surface area (Å²) >= 11 is 3.65. The molecule has 0 N–H and O–H groups in total. The molecular weight excluding hydrogens is 487 g/mol. The third-order valence-corrected chi connectivity index (χ3v) is 6.12. The summed E-state index contributed by atoms with van der Waals surface area (Å²) in [5.41, 5.74) is 1.48. The van der Waals surface area contributed by atoms with Crippen molar-refractivity contribution in [2.75, 3.05) is 11.5 Å². The molecule has 7 heteroatoms. The van der Waals surface area contributed by atoms with Gasteiger partial charge in [0.25, 0.3) is 5.91 Å². The number of benzene rings is 2. The van der Waals surface area contributed by atoms with Crippen LogP contribution in [0.2, 0.25) is 0 Å². The third kappa shape index (κ3) is 3.90. The zero-order valence-corrected chi connectivity index (χ0v) is 18.1. The fourth-order valence-corrected chi connectivity index (χ4v) is 4.44. The van der Waals surface area contributed by atoms with Gasteiger partial charge >= 0.3 is 0 Å². The Bertz CT molecular complexity index is 1110. The lowest BCUT2D eigenvalue weighted by Gasteiger charge is -2.19. The maximum Gasteiger partial charge on any atom is 0.261 e. The number of aromatic nitrogens is 1. The summed E-state index contributed by atoms with van der Waals surface area (Å²) in [5, 5.41) is 0.629. The Morgan fingerprint density at radius 3 is 2.82 bits per heavy atom. The molecule has 0 atom stereocenters. The third-order valence-electron chi connectivity index (χ3n) is 4.13. The number of hydrogen-bond acceptors (Lipinski definition) is 5. The molecule has 4 rings (SSSR count). The van der Waals surface area contributed by atoms with Crippen LogP contribution < -0.4 is 9.64 Å². The van der Waals surface area contributed by atoms with Crippen LogP contribution in [0.5, 0.6) is 5.75 Å². The maximum absolute atomic E-state index is 13.4. The zero-order valence-electron chi connectivity index (χ0n) is 15.1. The van der Waals surface area contributed by atoms with Crippen molar-refractivity contribution in [2.24, 2.45) is 0 Å². The van der Waals surface area contributed by atoms with Gasteiger partial charge in [-0.2, -0.15) is 0 Å². The summed E-state index contributed by atoms with van der Waals surface area (Å²) in [5.74, 6) is 1.39. The lowest BCUT2D eigenvalue weighted by atomic mass is 10.2. The lowest BCUT2D eigenvalue weighted by molar-refractivity contribution is 0.0982. The molecule has 5 nitrogen and oxygen atoms in total. The molecule has 2 aromatic heterocycles. The molecule has 28 heavy (non-hydrogen) atoms. The van der Waals surface area contributed by atoms with Gasteiger partial charge in [-0.25, -0.2) is 4.98 Å². The van der Waals surface area contributed by atoms with Gasteiger partial charge in [0.1, 0.15) is 11.5 Å². The summed E-state index contributed by atoms with van der Waals surface area (Å²) in [4.78, 5) is 19.7. The van der Waals surface area contributed by atoms with Gasteiger partial charge in [-0.05, 0) is 72.0 Å². The van der Waals surface area contributed by atoms with E-state index in [0.29, 0.717) is 29.6 Å². The number of nitrogens with zero attached hydrogens (tertiary/aromatic N) is 2. The second kappa shape index (κ2) is 8.32. The molecule has 0 bridgehead atoms. The predicted octanol–water partition coefficient (Wildman–Crippen LogP) is 5.74. The molecule has 0 spiro atoms. The predicted molar refractivity (Wildman–Crippen MR) is 119 cm³/mol. The molecule has 0 saturated carbocycles. The summed E-state index contributed by atoms with van der Waals surface area (Å²) < 4.78 is 12.9. The van der Waals surface area contributed by atoms with Crippen LogP contribution in [-0.4, -0.2) is 17.5 Å². The molecule has 0 radical (unpaired) electrons. The van der Waals surface area contributed by atoms with Gasteiger partial charge in [0.2, 0.25) is 0 Å².